The van der Waals surface area contributed by atoms with E-state index in [1.165, 1.54) is 18.2 Å². The third kappa shape index (κ3) is 3.78. The highest BCUT2D eigenvalue weighted by atomic mass is 16.6. The number of non-ortho nitro benzene ring substituents is 1. The molecular formula is C13H15N3O3. The monoisotopic (exact) mass is 261 g/mol. The van der Waals surface area contributed by atoms with Crippen molar-refractivity contribution in [1.29, 1.82) is 5.26 Å². The Kier molecular flexibility index (Phi) is 5.01. The van der Waals surface area contributed by atoms with E-state index in [2.05, 4.69) is 5.32 Å². The topological polar surface area (TPSA) is 96.0 Å². The van der Waals surface area contributed by atoms with Gasteiger partial charge in [0, 0.05) is 17.7 Å². The van der Waals surface area contributed by atoms with Crippen LogP contribution in [0.4, 0.5) is 5.69 Å². The number of hydrogen-bond donors (Lipinski definition) is 1. The van der Waals surface area contributed by atoms with Gasteiger partial charge >= 0.3 is 0 Å². The lowest BCUT2D eigenvalue weighted by molar-refractivity contribution is -0.384. The first-order valence-electron chi connectivity index (χ1n) is 5.95. The molecule has 1 amide bonds. The van der Waals surface area contributed by atoms with Crippen molar-refractivity contribution in [2.45, 2.75) is 32.7 Å². The summed E-state index contributed by atoms with van der Waals surface area (Å²) >= 11 is 0. The highest BCUT2D eigenvalue weighted by Crippen LogP contribution is 2.17. The molecule has 0 heterocycles. The van der Waals surface area contributed by atoms with Crippen molar-refractivity contribution in [3.63, 3.8) is 0 Å². The smallest absolute Gasteiger partial charge is 0.270 e. The van der Waals surface area contributed by atoms with Gasteiger partial charge in [-0.15, -0.1) is 0 Å². The standard InChI is InChI=1S/C13H15N3O3/c1-3-4-10(8-14)15-13(17)12-7-11(16(18)19)6-5-9(12)2/h5-7,10H,3-4H2,1-2H3,(H,15,17). The molecule has 0 saturated carbocycles. The van der Waals surface area contributed by atoms with Gasteiger partial charge in [0.2, 0.25) is 0 Å². The molecule has 1 atom stereocenters. The summed E-state index contributed by atoms with van der Waals surface area (Å²) in [7, 11) is 0. The van der Waals surface area contributed by atoms with E-state index in [1.807, 2.05) is 13.0 Å². The van der Waals surface area contributed by atoms with Gasteiger partial charge in [-0.3, -0.25) is 14.9 Å². The Morgan fingerprint density at radius 2 is 2.26 bits per heavy atom. The third-order valence-corrected chi connectivity index (χ3v) is 2.72. The van der Waals surface area contributed by atoms with Gasteiger partial charge in [0.05, 0.1) is 11.0 Å². The van der Waals surface area contributed by atoms with Crippen LogP contribution in [0.3, 0.4) is 0 Å². The van der Waals surface area contributed by atoms with Crippen molar-refractivity contribution in [2.24, 2.45) is 0 Å². The van der Waals surface area contributed by atoms with E-state index in [9.17, 15) is 14.9 Å². The molecule has 100 valence electrons. The minimum absolute atomic E-state index is 0.139. The molecule has 0 saturated heterocycles. The molecule has 0 spiro atoms. The van der Waals surface area contributed by atoms with Gasteiger partial charge in [-0.05, 0) is 18.9 Å². The van der Waals surface area contributed by atoms with E-state index < -0.39 is 16.9 Å². The van der Waals surface area contributed by atoms with Crippen LogP contribution in [0.5, 0.6) is 0 Å². The van der Waals surface area contributed by atoms with Crippen molar-refractivity contribution in [2.75, 3.05) is 0 Å². The Hall–Kier alpha value is -2.42. The summed E-state index contributed by atoms with van der Waals surface area (Å²) in [6.45, 7) is 3.61. The first kappa shape index (κ1) is 14.6. The third-order valence-electron chi connectivity index (χ3n) is 2.72. The first-order chi connectivity index (χ1) is 8.99. The van der Waals surface area contributed by atoms with E-state index in [0.29, 0.717) is 12.0 Å². The summed E-state index contributed by atoms with van der Waals surface area (Å²) in [4.78, 5) is 22.1. The zero-order valence-corrected chi connectivity index (χ0v) is 10.8. The molecular weight excluding hydrogens is 246 g/mol. The van der Waals surface area contributed by atoms with E-state index in [4.69, 9.17) is 5.26 Å². The summed E-state index contributed by atoms with van der Waals surface area (Å²) < 4.78 is 0. The van der Waals surface area contributed by atoms with Crippen LogP contribution in [0, 0.1) is 28.4 Å². The molecule has 0 fully saturated rings. The van der Waals surface area contributed by atoms with Crippen molar-refractivity contribution in [3.05, 3.63) is 39.4 Å². The quantitative estimate of drug-likeness (QED) is 0.649. The van der Waals surface area contributed by atoms with Crippen LogP contribution in [0.1, 0.15) is 35.7 Å². The van der Waals surface area contributed by atoms with E-state index in [-0.39, 0.29) is 11.3 Å². The van der Waals surface area contributed by atoms with E-state index in [0.717, 1.165) is 6.42 Å². The highest BCUT2D eigenvalue weighted by Gasteiger charge is 2.17. The molecule has 0 aliphatic heterocycles. The van der Waals surface area contributed by atoms with Gasteiger partial charge in [-0.1, -0.05) is 19.4 Å². The molecule has 1 aromatic rings. The predicted molar refractivity (Wildman–Crippen MR) is 69.6 cm³/mol. The second-order valence-corrected chi connectivity index (χ2v) is 4.20. The lowest BCUT2D eigenvalue weighted by Gasteiger charge is -2.11. The number of benzene rings is 1. The average Bonchev–Trinajstić information content (AvgIpc) is 2.38. The predicted octanol–water partition coefficient (Wildman–Crippen LogP) is 2.33. The lowest BCUT2D eigenvalue weighted by atomic mass is 10.1. The molecule has 6 heteroatoms. The van der Waals surface area contributed by atoms with Crippen LogP contribution < -0.4 is 5.32 Å². The molecule has 0 aliphatic rings. The molecule has 0 bridgehead atoms. The summed E-state index contributed by atoms with van der Waals surface area (Å²) in [5.74, 6) is -0.457. The van der Waals surface area contributed by atoms with Gasteiger partial charge in [0.25, 0.3) is 11.6 Å². The van der Waals surface area contributed by atoms with E-state index in [1.54, 1.807) is 6.92 Å². The second kappa shape index (κ2) is 6.50. The van der Waals surface area contributed by atoms with Gasteiger partial charge < -0.3 is 5.32 Å². The van der Waals surface area contributed by atoms with Gasteiger partial charge in [0.15, 0.2) is 0 Å². The lowest BCUT2D eigenvalue weighted by Crippen LogP contribution is -2.34. The molecule has 0 radical (unpaired) electrons. The van der Waals surface area contributed by atoms with Gasteiger partial charge in [-0.2, -0.15) is 5.26 Å². The maximum atomic E-state index is 12.0. The number of nitrogens with zero attached hydrogens (tertiary/aromatic N) is 2. The van der Waals surface area contributed by atoms with Crippen LogP contribution >= 0.6 is 0 Å². The Bertz CT molecular complexity index is 534. The summed E-state index contributed by atoms with van der Waals surface area (Å²) in [5, 5.41) is 22.1. The summed E-state index contributed by atoms with van der Waals surface area (Å²) in [5.41, 5.74) is 0.724. The van der Waals surface area contributed by atoms with Crippen LogP contribution in [0.2, 0.25) is 0 Å². The van der Waals surface area contributed by atoms with Crippen LogP contribution in [-0.4, -0.2) is 16.9 Å². The van der Waals surface area contributed by atoms with Crippen LogP contribution in [-0.2, 0) is 0 Å². The van der Waals surface area contributed by atoms with Crippen molar-refractivity contribution in [3.8, 4) is 6.07 Å². The van der Waals surface area contributed by atoms with Crippen LogP contribution in [0.25, 0.3) is 0 Å². The zero-order chi connectivity index (χ0) is 14.4. The molecule has 19 heavy (non-hydrogen) atoms. The van der Waals surface area contributed by atoms with Crippen molar-refractivity contribution in [1.82, 2.24) is 5.32 Å². The minimum Gasteiger partial charge on any atom is -0.336 e. The first-order valence-corrected chi connectivity index (χ1v) is 5.95. The fourth-order valence-electron chi connectivity index (χ4n) is 1.66. The van der Waals surface area contributed by atoms with Crippen molar-refractivity contribution < 1.29 is 9.72 Å². The van der Waals surface area contributed by atoms with Crippen molar-refractivity contribution >= 4 is 11.6 Å². The zero-order valence-electron chi connectivity index (χ0n) is 10.8. The Labute approximate surface area is 111 Å². The fraction of sp³-hybridized carbons (Fsp3) is 0.385. The number of nitro benzene ring substituents is 1. The molecule has 1 N–H and O–H groups in total. The SMILES string of the molecule is CCCC(C#N)NC(=O)c1cc([N+](=O)[O-])ccc1C. The molecule has 0 aromatic heterocycles. The summed E-state index contributed by atoms with van der Waals surface area (Å²) in [6, 6.07) is 5.52. The largest absolute Gasteiger partial charge is 0.336 e. The molecule has 1 unspecified atom stereocenters. The Morgan fingerprint density at radius 3 is 2.79 bits per heavy atom. The fourth-order valence-corrected chi connectivity index (χ4v) is 1.66. The Morgan fingerprint density at radius 1 is 1.58 bits per heavy atom. The Balaban J connectivity index is 2.96. The number of nitro groups is 1. The number of carbonyl (C=O) groups is 1. The second-order valence-electron chi connectivity index (χ2n) is 4.20. The molecule has 0 aliphatic carbocycles. The van der Waals surface area contributed by atoms with Gasteiger partial charge in [-0.25, -0.2) is 0 Å². The number of rotatable bonds is 5. The van der Waals surface area contributed by atoms with E-state index >= 15 is 0 Å². The maximum Gasteiger partial charge on any atom is 0.270 e. The highest BCUT2D eigenvalue weighted by molar-refractivity contribution is 5.96. The minimum atomic E-state index is -0.573. The average molecular weight is 261 g/mol. The summed E-state index contributed by atoms with van der Waals surface area (Å²) in [6.07, 6.45) is 1.32. The molecule has 6 nitrogen and oxygen atoms in total. The number of aryl methyl sites for hydroxylation is 1. The van der Waals surface area contributed by atoms with Gasteiger partial charge in [0.1, 0.15) is 6.04 Å². The maximum absolute atomic E-state index is 12.0. The number of nitrogens with one attached hydrogen (secondary N) is 1. The number of nitriles is 1. The number of carbonyl (C=O) groups excluding carboxylic acids is 1. The van der Waals surface area contributed by atoms with Crippen LogP contribution in [0.15, 0.2) is 18.2 Å². The number of hydrogen-bond acceptors (Lipinski definition) is 4. The normalized spacial score (nSPS) is 11.4. The number of amides is 1. The molecule has 1 aromatic carbocycles. The molecule has 1 rings (SSSR count).